The molecule has 0 bridgehead atoms. The summed E-state index contributed by atoms with van der Waals surface area (Å²) in [7, 11) is 2.08. The molecule has 10 nitrogen and oxygen atoms in total. The summed E-state index contributed by atoms with van der Waals surface area (Å²) in [6.07, 6.45) is 1.91. The monoisotopic (exact) mass is 476 g/mol. The molecule has 2 aliphatic heterocycles. The van der Waals surface area contributed by atoms with Crippen LogP contribution >= 0.6 is 11.6 Å². The van der Waals surface area contributed by atoms with Crippen LogP contribution in [0.15, 0.2) is 36.5 Å². The number of pyridine rings is 1. The molecule has 0 saturated carbocycles. The quantitative estimate of drug-likeness (QED) is 0.566. The highest BCUT2D eigenvalue weighted by Crippen LogP contribution is 2.31. The number of benzene rings is 1. The molecule has 2 aromatic heterocycles. The van der Waals surface area contributed by atoms with Crippen LogP contribution in [0.5, 0.6) is 0 Å². The number of likely N-dealkylation sites (N-methyl/N-ethyl adjacent to an activating group) is 1. The Bertz CT molecular complexity index is 1310. The standard InChI is InChI=1S/C23H21ClN8O2/c1-31-6-5-14-9-16(10-18(24)17(14)13-31)27-22-26-12-15(11-25)21(30-22)29-19-3-2-4-20(28-19)32-7-8-34-23(32)33/h2-4,9-10,12H,5-8,13H2,1H3,(H2,26,27,28,29,30). The summed E-state index contributed by atoms with van der Waals surface area (Å²) in [5.74, 6) is 1.48. The van der Waals surface area contributed by atoms with Crippen molar-refractivity contribution < 1.29 is 9.53 Å². The number of hydrogen-bond acceptors (Lipinski definition) is 9. The summed E-state index contributed by atoms with van der Waals surface area (Å²) in [5.41, 5.74) is 3.36. The Morgan fingerprint density at radius 1 is 1.21 bits per heavy atom. The topological polar surface area (TPSA) is 119 Å². The minimum Gasteiger partial charge on any atom is -0.447 e. The first-order chi connectivity index (χ1) is 16.5. The third-order valence-electron chi connectivity index (χ3n) is 5.66. The summed E-state index contributed by atoms with van der Waals surface area (Å²) in [6, 6.07) is 11.2. The molecule has 1 fully saturated rings. The van der Waals surface area contributed by atoms with Crippen LogP contribution in [0.3, 0.4) is 0 Å². The second-order valence-electron chi connectivity index (χ2n) is 8.05. The van der Waals surface area contributed by atoms with Crippen molar-refractivity contribution in [3.8, 4) is 6.07 Å². The Labute approximate surface area is 201 Å². The van der Waals surface area contributed by atoms with Crippen molar-refractivity contribution >= 4 is 46.8 Å². The van der Waals surface area contributed by atoms with Crippen LogP contribution in [-0.2, 0) is 17.7 Å². The molecule has 34 heavy (non-hydrogen) atoms. The van der Waals surface area contributed by atoms with Gasteiger partial charge in [-0.2, -0.15) is 10.2 Å². The van der Waals surface area contributed by atoms with Crippen LogP contribution in [0, 0.1) is 11.3 Å². The lowest BCUT2D eigenvalue weighted by atomic mass is 9.99. The first kappa shape index (κ1) is 21.9. The van der Waals surface area contributed by atoms with Gasteiger partial charge in [0.05, 0.1) is 12.7 Å². The number of nitrogens with zero attached hydrogens (tertiary/aromatic N) is 6. The third kappa shape index (κ3) is 4.44. The van der Waals surface area contributed by atoms with Gasteiger partial charge in [-0.1, -0.05) is 17.7 Å². The third-order valence-corrected chi connectivity index (χ3v) is 6.00. The summed E-state index contributed by atoms with van der Waals surface area (Å²) in [6.45, 7) is 2.54. The van der Waals surface area contributed by atoms with Crippen LogP contribution < -0.4 is 15.5 Å². The predicted octanol–water partition coefficient (Wildman–Crippen LogP) is 3.83. The van der Waals surface area contributed by atoms with Gasteiger partial charge >= 0.3 is 6.09 Å². The second-order valence-corrected chi connectivity index (χ2v) is 8.46. The van der Waals surface area contributed by atoms with Gasteiger partial charge in [0.15, 0.2) is 5.82 Å². The molecule has 2 aliphatic rings. The molecule has 5 rings (SSSR count). The Morgan fingerprint density at radius 2 is 2.09 bits per heavy atom. The summed E-state index contributed by atoms with van der Waals surface area (Å²) in [4.78, 5) is 28.7. The highest BCUT2D eigenvalue weighted by atomic mass is 35.5. The van der Waals surface area contributed by atoms with E-state index in [4.69, 9.17) is 16.3 Å². The number of rotatable bonds is 5. The molecule has 0 atom stereocenters. The number of hydrogen-bond donors (Lipinski definition) is 2. The maximum Gasteiger partial charge on any atom is 0.415 e. The van der Waals surface area contributed by atoms with E-state index in [1.54, 1.807) is 18.2 Å². The number of halogens is 1. The molecule has 1 aromatic carbocycles. The zero-order chi connectivity index (χ0) is 23.7. The van der Waals surface area contributed by atoms with E-state index in [9.17, 15) is 10.1 Å². The van der Waals surface area contributed by atoms with Gasteiger partial charge in [-0.25, -0.2) is 14.8 Å². The number of cyclic esters (lactones) is 1. The van der Waals surface area contributed by atoms with Crippen molar-refractivity contribution in [1.82, 2.24) is 19.9 Å². The molecule has 11 heteroatoms. The number of carbonyl (C=O) groups excluding carboxylic acids is 1. The number of amides is 1. The second kappa shape index (κ2) is 9.13. The Morgan fingerprint density at radius 3 is 2.88 bits per heavy atom. The number of nitriles is 1. The van der Waals surface area contributed by atoms with E-state index in [-0.39, 0.29) is 5.56 Å². The molecule has 0 aliphatic carbocycles. The van der Waals surface area contributed by atoms with Crippen molar-refractivity contribution in [2.75, 3.05) is 42.3 Å². The molecular weight excluding hydrogens is 456 g/mol. The number of ether oxygens (including phenoxy) is 1. The van der Waals surface area contributed by atoms with Crippen LogP contribution in [0.1, 0.15) is 16.7 Å². The minimum absolute atomic E-state index is 0.254. The van der Waals surface area contributed by atoms with E-state index in [0.29, 0.717) is 41.6 Å². The van der Waals surface area contributed by atoms with Crippen molar-refractivity contribution in [3.63, 3.8) is 0 Å². The van der Waals surface area contributed by atoms with Gasteiger partial charge in [0.25, 0.3) is 0 Å². The predicted molar refractivity (Wildman–Crippen MR) is 128 cm³/mol. The van der Waals surface area contributed by atoms with Crippen molar-refractivity contribution in [2.24, 2.45) is 0 Å². The number of anilines is 5. The molecule has 172 valence electrons. The minimum atomic E-state index is -0.439. The molecule has 3 aromatic rings. The Hall–Kier alpha value is -3.94. The van der Waals surface area contributed by atoms with Gasteiger partial charge in [-0.3, -0.25) is 4.90 Å². The highest BCUT2D eigenvalue weighted by Gasteiger charge is 2.25. The van der Waals surface area contributed by atoms with Crippen LogP contribution in [0.2, 0.25) is 5.02 Å². The molecular formula is C23H21ClN8O2. The van der Waals surface area contributed by atoms with E-state index in [2.05, 4.69) is 49.7 Å². The fraction of sp³-hybridized carbons (Fsp3) is 0.261. The average Bonchev–Trinajstić information content (AvgIpc) is 3.26. The number of fused-ring (bicyclic) bond motifs is 1. The van der Waals surface area contributed by atoms with E-state index >= 15 is 0 Å². The normalized spacial score (nSPS) is 15.4. The average molecular weight is 477 g/mol. The van der Waals surface area contributed by atoms with Gasteiger partial charge < -0.3 is 20.3 Å². The van der Waals surface area contributed by atoms with E-state index < -0.39 is 6.09 Å². The fourth-order valence-electron chi connectivity index (χ4n) is 3.94. The van der Waals surface area contributed by atoms with Crippen LogP contribution in [-0.4, -0.2) is 52.7 Å². The number of aromatic nitrogens is 3. The summed E-state index contributed by atoms with van der Waals surface area (Å²) >= 11 is 6.54. The van der Waals surface area contributed by atoms with Gasteiger partial charge in [0.1, 0.15) is 29.9 Å². The van der Waals surface area contributed by atoms with Gasteiger partial charge in [0, 0.05) is 23.8 Å². The highest BCUT2D eigenvalue weighted by molar-refractivity contribution is 6.31. The molecule has 1 saturated heterocycles. The smallest absolute Gasteiger partial charge is 0.415 e. The van der Waals surface area contributed by atoms with E-state index in [1.807, 2.05) is 6.07 Å². The van der Waals surface area contributed by atoms with Crippen LogP contribution in [0.25, 0.3) is 0 Å². The fourth-order valence-corrected chi connectivity index (χ4v) is 4.24. The number of nitrogens with one attached hydrogen (secondary N) is 2. The van der Waals surface area contributed by atoms with Crippen molar-refractivity contribution in [2.45, 2.75) is 13.0 Å². The van der Waals surface area contributed by atoms with E-state index in [0.717, 1.165) is 30.8 Å². The summed E-state index contributed by atoms with van der Waals surface area (Å²) in [5, 5.41) is 16.5. The van der Waals surface area contributed by atoms with Crippen LogP contribution in [0.4, 0.5) is 33.9 Å². The lowest BCUT2D eigenvalue weighted by Crippen LogP contribution is -2.26. The lowest BCUT2D eigenvalue weighted by Gasteiger charge is -2.26. The largest absolute Gasteiger partial charge is 0.447 e. The zero-order valence-corrected chi connectivity index (χ0v) is 19.1. The van der Waals surface area contributed by atoms with Gasteiger partial charge in [-0.05, 0) is 48.9 Å². The number of carbonyl (C=O) groups is 1. The first-order valence-electron chi connectivity index (χ1n) is 10.7. The van der Waals surface area contributed by atoms with E-state index in [1.165, 1.54) is 16.7 Å². The molecule has 0 spiro atoms. The Kier molecular flexibility index (Phi) is 5.88. The first-order valence-corrected chi connectivity index (χ1v) is 11.1. The maximum absolute atomic E-state index is 11.9. The van der Waals surface area contributed by atoms with Gasteiger partial charge in [-0.15, -0.1) is 0 Å². The lowest BCUT2D eigenvalue weighted by molar-refractivity contribution is 0.181. The molecule has 1 amide bonds. The van der Waals surface area contributed by atoms with Crippen molar-refractivity contribution in [1.29, 1.82) is 5.26 Å². The molecule has 0 unspecified atom stereocenters. The SMILES string of the molecule is CN1CCc2cc(Nc3ncc(C#N)c(Nc4cccc(N5CCOC5=O)n4)n3)cc(Cl)c2C1. The zero-order valence-electron chi connectivity index (χ0n) is 18.4. The molecule has 4 heterocycles. The summed E-state index contributed by atoms with van der Waals surface area (Å²) < 4.78 is 4.98. The molecule has 2 N–H and O–H groups in total. The molecule has 0 radical (unpaired) electrons. The Balaban J connectivity index is 1.39. The maximum atomic E-state index is 11.9. The van der Waals surface area contributed by atoms with Crippen molar-refractivity contribution in [3.05, 3.63) is 58.2 Å². The van der Waals surface area contributed by atoms with Gasteiger partial charge in [0.2, 0.25) is 5.95 Å².